The number of nitrogens with one attached hydrogen (secondary N) is 1. The van der Waals surface area contributed by atoms with Gasteiger partial charge in [-0.25, -0.2) is 4.79 Å². The molecule has 3 atom stereocenters. The number of rotatable bonds is 2. The van der Waals surface area contributed by atoms with Gasteiger partial charge in [0, 0.05) is 12.1 Å². The zero-order valence-electron chi connectivity index (χ0n) is 14.2. The Morgan fingerprint density at radius 1 is 1.39 bits per heavy atom. The van der Waals surface area contributed by atoms with Crippen LogP contribution in [0.3, 0.4) is 0 Å². The molecule has 1 aromatic rings. The van der Waals surface area contributed by atoms with E-state index in [4.69, 9.17) is 5.73 Å². The Labute approximate surface area is 137 Å². The Hall–Kier alpha value is -1.91. The summed E-state index contributed by atoms with van der Waals surface area (Å²) in [6.45, 7) is 6.47. The molecule has 23 heavy (non-hydrogen) atoms. The van der Waals surface area contributed by atoms with Crippen molar-refractivity contribution >= 4 is 17.5 Å². The largest absolute Gasteiger partial charge is 0.465 e. The first-order chi connectivity index (χ1) is 10.7. The summed E-state index contributed by atoms with van der Waals surface area (Å²) in [6.07, 6.45) is 2.79. The number of fused-ring (bicyclic) bond motifs is 2. The molecule has 1 aromatic carbocycles. The van der Waals surface area contributed by atoms with Crippen molar-refractivity contribution in [2.45, 2.75) is 64.1 Å². The molecule has 3 rings (SSSR count). The molecule has 126 valence electrons. The lowest BCUT2D eigenvalue weighted by Crippen LogP contribution is -2.63. The third-order valence-electron chi connectivity index (χ3n) is 5.78. The monoisotopic (exact) mass is 317 g/mol. The number of piperidine rings is 1. The minimum absolute atomic E-state index is 0.0945. The van der Waals surface area contributed by atoms with Crippen molar-refractivity contribution < 1.29 is 9.90 Å². The van der Waals surface area contributed by atoms with Crippen LogP contribution in [0.1, 0.15) is 46.5 Å². The van der Waals surface area contributed by atoms with E-state index in [1.807, 2.05) is 24.3 Å². The molecule has 0 aromatic heterocycles. The third kappa shape index (κ3) is 2.52. The number of anilines is 2. The highest BCUT2D eigenvalue weighted by Crippen LogP contribution is 2.53. The topological polar surface area (TPSA) is 78.6 Å². The maximum Gasteiger partial charge on any atom is 0.408 e. The van der Waals surface area contributed by atoms with Crippen LogP contribution >= 0.6 is 0 Å². The summed E-state index contributed by atoms with van der Waals surface area (Å²) in [4.78, 5) is 13.6. The van der Waals surface area contributed by atoms with E-state index in [0.29, 0.717) is 0 Å². The number of hydrogen-bond donors (Lipinski definition) is 3. The average Bonchev–Trinajstić information content (AvgIpc) is 2.71. The van der Waals surface area contributed by atoms with Crippen molar-refractivity contribution in [3.05, 3.63) is 24.3 Å². The quantitative estimate of drug-likeness (QED) is 0.726. The summed E-state index contributed by atoms with van der Waals surface area (Å²) in [5.74, 6) is 0. The molecular weight excluding hydrogens is 290 g/mol. The van der Waals surface area contributed by atoms with Crippen molar-refractivity contribution in [1.82, 2.24) is 4.90 Å². The van der Waals surface area contributed by atoms with Crippen molar-refractivity contribution in [2.75, 3.05) is 11.1 Å². The highest BCUT2D eigenvalue weighted by molar-refractivity contribution is 5.69. The summed E-state index contributed by atoms with van der Waals surface area (Å²) in [6, 6.07) is 8.13. The van der Waals surface area contributed by atoms with E-state index in [2.05, 4.69) is 26.1 Å². The molecule has 2 heterocycles. The van der Waals surface area contributed by atoms with Gasteiger partial charge in [-0.3, -0.25) is 4.90 Å². The highest BCUT2D eigenvalue weighted by atomic mass is 16.4. The summed E-state index contributed by atoms with van der Waals surface area (Å²) in [5, 5.41) is 13.3. The van der Waals surface area contributed by atoms with Gasteiger partial charge in [0.15, 0.2) is 0 Å². The number of nitrogens with zero attached hydrogens (tertiary/aromatic N) is 1. The first kappa shape index (κ1) is 16.0. The number of nitrogen functional groups attached to an aromatic ring is 1. The molecule has 0 spiro atoms. The molecule has 0 saturated carbocycles. The summed E-state index contributed by atoms with van der Waals surface area (Å²) in [5.41, 5.74) is 7.34. The Kier molecular flexibility index (Phi) is 3.69. The minimum Gasteiger partial charge on any atom is -0.465 e. The van der Waals surface area contributed by atoms with Gasteiger partial charge in [0.1, 0.15) is 0 Å². The van der Waals surface area contributed by atoms with Crippen LogP contribution in [0.25, 0.3) is 0 Å². The predicted octanol–water partition coefficient (Wildman–Crippen LogP) is 3.77. The molecule has 0 unspecified atom stereocenters. The van der Waals surface area contributed by atoms with E-state index < -0.39 is 6.09 Å². The molecule has 5 nitrogen and oxygen atoms in total. The van der Waals surface area contributed by atoms with Crippen LogP contribution < -0.4 is 11.1 Å². The van der Waals surface area contributed by atoms with Crippen molar-refractivity contribution in [3.63, 3.8) is 0 Å². The molecule has 1 amide bonds. The molecule has 2 saturated heterocycles. The second kappa shape index (κ2) is 5.32. The minimum atomic E-state index is -0.778. The molecule has 4 N–H and O–H groups in total. The van der Waals surface area contributed by atoms with Gasteiger partial charge in [-0.2, -0.15) is 0 Å². The maximum atomic E-state index is 11.9. The molecule has 2 fully saturated rings. The number of benzene rings is 1. The molecule has 5 heteroatoms. The zero-order valence-corrected chi connectivity index (χ0v) is 14.2. The number of hydrogen-bond acceptors (Lipinski definition) is 3. The lowest BCUT2D eigenvalue weighted by Gasteiger charge is -2.53. The normalized spacial score (nSPS) is 30.3. The van der Waals surface area contributed by atoms with Crippen LogP contribution in [0.5, 0.6) is 0 Å². The van der Waals surface area contributed by atoms with Gasteiger partial charge in [-0.1, -0.05) is 32.9 Å². The van der Waals surface area contributed by atoms with Gasteiger partial charge < -0.3 is 16.2 Å². The fraction of sp³-hybridized carbons (Fsp3) is 0.611. The van der Waals surface area contributed by atoms with Gasteiger partial charge in [-0.15, -0.1) is 0 Å². The second-order valence-electron chi connectivity index (χ2n) is 7.99. The van der Waals surface area contributed by atoms with Crippen LogP contribution in [-0.4, -0.2) is 33.7 Å². The number of carbonyl (C=O) groups is 1. The Balaban J connectivity index is 1.89. The Bertz CT molecular complexity index is 611. The summed E-state index contributed by atoms with van der Waals surface area (Å²) < 4.78 is 0. The smallest absolute Gasteiger partial charge is 0.408 e. The molecule has 2 aliphatic rings. The Morgan fingerprint density at radius 2 is 2.09 bits per heavy atom. The maximum absolute atomic E-state index is 11.9. The molecule has 0 aliphatic carbocycles. The van der Waals surface area contributed by atoms with Gasteiger partial charge in [0.05, 0.1) is 16.9 Å². The van der Waals surface area contributed by atoms with E-state index >= 15 is 0 Å². The summed E-state index contributed by atoms with van der Waals surface area (Å²) >= 11 is 0. The fourth-order valence-corrected chi connectivity index (χ4v) is 4.59. The van der Waals surface area contributed by atoms with Crippen molar-refractivity contribution in [2.24, 2.45) is 5.41 Å². The lowest BCUT2D eigenvalue weighted by molar-refractivity contribution is -0.0174. The lowest BCUT2D eigenvalue weighted by atomic mass is 9.67. The number of carboxylic acid groups (broad SMARTS) is 1. The van der Waals surface area contributed by atoms with Crippen molar-refractivity contribution in [3.8, 4) is 0 Å². The zero-order chi connectivity index (χ0) is 16.8. The van der Waals surface area contributed by atoms with Crippen LogP contribution in [0.15, 0.2) is 24.3 Å². The van der Waals surface area contributed by atoms with E-state index in [1.54, 1.807) is 4.90 Å². The van der Waals surface area contributed by atoms with E-state index in [1.165, 1.54) is 0 Å². The second-order valence-corrected chi connectivity index (χ2v) is 7.99. The molecule has 0 radical (unpaired) electrons. The van der Waals surface area contributed by atoms with Crippen LogP contribution in [-0.2, 0) is 0 Å². The standard InChI is InChI=1S/C18H27N3O2/c1-17(2,3)18-9-8-13(21(18)16(22)23)10-12(11-18)20-15-7-5-4-6-14(15)19/h4-7,12-13,20H,8-11,19H2,1-3H3,(H,22,23)/t12-,13+,18-/m1/s1. The first-order valence-corrected chi connectivity index (χ1v) is 8.38. The molecular formula is C18H27N3O2. The summed E-state index contributed by atoms with van der Waals surface area (Å²) in [7, 11) is 0. The highest BCUT2D eigenvalue weighted by Gasteiger charge is 2.59. The van der Waals surface area contributed by atoms with Crippen LogP contribution in [0.4, 0.5) is 16.2 Å². The van der Waals surface area contributed by atoms with Crippen LogP contribution in [0.2, 0.25) is 0 Å². The Morgan fingerprint density at radius 3 is 2.70 bits per heavy atom. The van der Waals surface area contributed by atoms with Crippen LogP contribution in [0, 0.1) is 5.41 Å². The molecule has 2 aliphatic heterocycles. The molecule has 2 bridgehead atoms. The predicted molar refractivity (Wildman–Crippen MR) is 92.6 cm³/mol. The third-order valence-corrected chi connectivity index (χ3v) is 5.78. The number of para-hydroxylation sites is 2. The van der Waals surface area contributed by atoms with E-state index in [-0.39, 0.29) is 23.0 Å². The SMILES string of the molecule is CC(C)(C)[C@@]12CC[C@@H](C[C@@H](Nc3ccccc3N)C1)N2C(=O)O. The van der Waals surface area contributed by atoms with Gasteiger partial charge in [0.25, 0.3) is 0 Å². The van der Waals surface area contributed by atoms with Gasteiger partial charge in [0.2, 0.25) is 0 Å². The van der Waals surface area contributed by atoms with E-state index in [0.717, 1.165) is 37.1 Å². The van der Waals surface area contributed by atoms with Gasteiger partial charge in [-0.05, 0) is 43.2 Å². The van der Waals surface area contributed by atoms with E-state index in [9.17, 15) is 9.90 Å². The fourth-order valence-electron chi connectivity index (χ4n) is 4.59. The first-order valence-electron chi connectivity index (χ1n) is 8.38. The van der Waals surface area contributed by atoms with Crippen molar-refractivity contribution in [1.29, 1.82) is 0 Å². The average molecular weight is 317 g/mol. The van der Waals surface area contributed by atoms with Gasteiger partial charge >= 0.3 is 6.09 Å². The number of nitrogens with two attached hydrogens (primary N) is 1. The number of amides is 1.